The highest BCUT2D eigenvalue weighted by Crippen LogP contribution is 2.11. The number of nitrogens with one attached hydrogen (secondary N) is 1. The molecular formula is C14H21N3O5S. The molecule has 0 spiro atoms. The first-order valence-electron chi connectivity index (χ1n) is 7.40. The van der Waals surface area contributed by atoms with Gasteiger partial charge in [-0.2, -0.15) is 0 Å². The molecule has 1 aliphatic heterocycles. The van der Waals surface area contributed by atoms with Crippen molar-refractivity contribution >= 4 is 21.8 Å². The van der Waals surface area contributed by atoms with Crippen molar-refractivity contribution in [2.75, 3.05) is 32.4 Å². The third-order valence-corrected chi connectivity index (χ3v) is 4.39. The van der Waals surface area contributed by atoms with Crippen LogP contribution in [0.25, 0.3) is 0 Å². The molecule has 1 aliphatic rings. The van der Waals surface area contributed by atoms with Gasteiger partial charge in [0.25, 0.3) is 5.91 Å². The normalized spacial score (nSPS) is 17.1. The Morgan fingerprint density at radius 2 is 1.87 bits per heavy atom. The molecule has 8 nitrogen and oxygen atoms in total. The minimum absolute atomic E-state index is 0.205. The zero-order valence-electron chi connectivity index (χ0n) is 13.2. The van der Waals surface area contributed by atoms with Gasteiger partial charge in [0.05, 0.1) is 12.5 Å². The Morgan fingerprint density at radius 3 is 2.35 bits per heavy atom. The van der Waals surface area contributed by atoms with Crippen molar-refractivity contribution in [2.24, 2.45) is 0 Å². The quantitative estimate of drug-likeness (QED) is 0.804. The smallest absolute Gasteiger partial charge is 0.289 e. The van der Waals surface area contributed by atoms with Gasteiger partial charge < -0.3 is 14.2 Å². The van der Waals surface area contributed by atoms with Crippen LogP contribution in [0, 0.1) is 0 Å². The maximum Gasteiger partial charge on any atom is 0.289 e. The molecule has 1 aromatic rings. The zero-order chi connectivity index (χ0) is 17.0. The molecule has 0 aromatic carbocycles. The Bertz CT molecular complexity index is 648. The van der Waals surface area contributed by atoms with Crippen LogP contribution < -0.4 is 4.72 Å². The molecular weight excluding hydrogens is 322 g/mol. The Labute approximate surface area is 135 Å². The number of hydrogen-bond donors (Lipinski definition) is 1. The zero-order valence-corrected chi connectivity index (χ0v) is 14.0. The molecule has 1 fully saturated rings. The molecule has 2 amide bonds. The fraction of sp³-hybridized carbons (Fsp3) is 0.571. The second-order valence-electron chi connectivity index (χ2n) is 5.45. The van der Waals surface area contributed by atoms with Gasteiger partial charge in [-0.1, -0.05) is 6.92 Å². The second kappa shape index (κ2) is 7.14. The molecule has 2 rings (SSSR count). The highest BCUT2D eigenvalue weighted by atomic mass is 32.2. The molecule has 9 heteroatoms. The molecule has 0 aliphatic carbocycles. The van der Waals surface area contributed by atoms with E-state index in [1.165, 1.54) is 6.26 Å². The molecule has 23 heavy (non-hydrogen) atoms. The van der Waals surface area contributed by atoms with Gasteiger partial charge in [-0.15, -0.1) is 0 Å². The van der Waals surface area contributed by atoms with Gasteiger partial charge >= 0.3 is 0 Å². The van der Waals surface area contributed by atoms with E-state index in [1.807, 2.05) is 0 Å². The van der Waals surface area contributed by atoms with Gasteiger partial charge in [-0.3, -0.25) is 9.59 Å². The number of carbonyl (C=O) groups is 2. The molecule has 2 heterocycles. The lowest BCUT2D eigenvalue weighted by Gasteiger charge is -2.36. The van der Waals surface area contributed by atoms with Crippen LogP contribution in [0.1, 0.15) is 23.9 Å². The van der Waals surface area contributed by atoms with E-state index in [-0.39, 0.29) is 17.6 Å². The van der Waals surface area contributed by atoms with Crippen LogP contribution in [0.4, 0.5) is 0 Å². The van der Waals surface area contributed by atoms with Crippen LogP contribution >= 0.6 is 0 Å². The summed E-state index contributed by atoms with van der Waals surface area (Å²) < 4.78 is 30.1. The van der Waals surface area contributed by atoms with Gasteiger partial charge in [0.15, 0.2) is 5.76 Å². The third kappa shape index (κ3) is 4.55. The summed E-state index contributed by atoms with van der Waals surface area (Å²) in [5.74, 6) is -0.193. The summed E-state index contributed by atoms with van der Waals surface area (Å²) in [7, 11) is -3.45. The highest BCUT2D eigenvalue weighted by molar-refractivity contribution is 7.88. The number of carbonyl (C=O) groups excluding carboxylic acids is 2. The Balaban J connectivity index is 1.93. The maximum absolute atomic E-state index is 12.4. The van der Waals surface area contributed by atoms with Crippen LogP contribution in [-0.4, -0.2) is 68.5 Å². The van der Waals surface area contributed by atoms with Gasteiger partial charge in [-0.05, 0) is 18.6 Å². The Hall–Kier alpha value is -1.87. The highest BCUT2D eigenvalue weighted by Gasteiger charge is 2.30. The van der Waals surface area contributed by atoms with Crippen molar-refractivity contribution in [3.63, 3.8) is 0 Å². The second-order valence-corrected chi connectivity index (χ2v) is 7.23. The van der Waals surface area contributed by atoms with E-state index in [9.17, 15) is 18.0 Å². The molecule has 128 valence electrons. The minimum Gasteiger partial charge on any atom is -0.459 e. The number of amides is 2. The summed E-state index contributed by atoms with van der Waals surface area (Å²) in [5.41, 5.74) is 0. The van der Waals surface area contributed by atoms with Crippen LogP contribution in [-0.2, 0) is 14.8 Å². The Kier molecular flexibility index (Phi) is 5.42. The van der Waals surface area contributed by atoms with E-state index in [1.54, 1.807) is 28.9 Å². The van der Waals surface area contributed by atoms with E-state index in [4.69, 9.17) is 4.42 Å². The first kappa shape index (κ1) is 17.5. The first-order chi connectivity index (χ1) is 10.8. The summed E-state index contributed by atoms with van der Waals surface area (Å²) in [6.45, 7) is 3.26. The summed E-state index contributed by atoms with van der Waals surface area (Å²) in [6, 6.07) is 2.48. The van der Waals surface area contributed by atoms with Crippen molar-refractivity contribution in [3.05, 3.63) is 24.2 Å². The van der Waals surface area contributed by atoms with Crippen molar-refractivity contribution in [2.45, 2.75) is 19.4 Å². The van der Waals surface area contributed by atoms with E-state index in [0.717, 1.165) is 6.26 Å². The van der Waals surface area contributed by atoms with E-state index >= 15 is 0 Å². The maximum atomic E-state index is 12.4. The predicted molar refractivity (Wildman–Crippen MR) is 83.3 cm³/mol. The van der Waals surface area contributed by atoms with E-state index in [2.05, 4.69) is 4.72 Å². The molecule has 0 bridgehead atoms. The van der Waals surface area contributed by atoms with Crippen LogP contribution in [0.2, 0.25) is 0 Å². The number of rotatable bonds is 5. The number of sulfonamides is 1. The standard InChI is InChI=1S/C14H21N3O5S/c1-3-11(15-23(2,20)21)13(18)16-6-8-17(9-7-16)14(19)12-5-4-10-22-12/h4-5,10-11,15H,3,6-9H2,1-2H3/t11-/m0/s1. The summed E-state index contributed by atoms with van der Waals surface area (Å²) >= 11 is 0. The number of furan rings is 1. The molecule has 1 N–H and O–H groups in total. The van der Waals surface area contributed by atoms with Crippen LogP contribution in [0.15, 0.2) is 22.8 Å². The summed E-state index contributed by atoms with van der Waals surface area (Å²) in [4.78, 5) is 27.7. The lowest BCUT2D eigenvalue weighted by Crippen LogP contribution is -2.55. The molecule has 0 unspecified atom stereocenters. The van der Waals surface area contributed by atoms with Crippen molar-refractivity contribution in [3.8, 4) is 0 Å². The summed E-state index contributed by atoms with van der Waals surface area (Å²) in [5, 5.41) is 0. The molecule has 0 radical (unpaired) electrons. The van der Waals surface area contributed by atoms with E-state index < -0.39 is 16.1 Å². The average molecular weight is 343 g/mol. The number of piperazine rings is 1. The largest absolute Gasteiger partial charge is 0.459 e. The monoisotopic (exact) mass is 343 g/mol. The molecule has 1 saturated heterocycles. The molecule has 0 saturated carbocycles. The fourth-order valence-corrected chi connectivity index (χ4v) is 3.26. The van der Waals surface area contributed by atoms with Crippen LogP contribution in [0.5, 0.6) is 0 Å². The number of hydrogen-bond acceptors (Lipinski definition) is 5. The summed E-state index contributed by atoms with van der Waals surface area (Å²) in [6.07, 6.45) is 2.84. The van der Waals surface area contributed by atoms with E-state index in [0.29, 0.717) is 32.6 Å². The average Bonchev–Trinajstić information content (AvgIpc) is 3.05. The molecule has 1 aromatic heterocycles. The van der Waals surface area contributed by atoms with Gasteiger partial charge in [0, 0.05) is 26.2 Å². The lowest BCUT2D eigenvalue weighted by molar-refractivity contribution is -0.134. The van der Waals surface area contributed by atoms with Gasteiger partial charge in [-0.25, -0.2) is 13.1 Å². The lowest BCUT2D eigenvalue weighted by atomic mass is 10.2. The van der Waals surface area contributed by atoms with Gasteiger partial charge in [0.2, 0.25) is 15.9 Å². The van der Waals surface area contributed by atoms with Crippen molar-refractivity contribution < 1.29 is 22.4 Å². The topological polar surface area (TPSA) is 99.9 Å². The predicted octanol–water partition coefficient (Wildman–Crippen LogP) is -0.108. The van der Waals surface area contributed by atoms with Crippen molar-refractivity contribution in [1.82, 2.24) is 14.5 Å². The minimum atomic E-state index is -3.45. The SMILES string of the molecule is CC[C@H](NS(C)(=O)=O)C(=O)N1CCN(C(=O)c2ccco2)CC1. The van der Waals surface area contributed by atoms with Gasteiger partial charge in [0.1, 0.15) is 6.04 Å². The third-order valence-electron chi connectivity index (χ3n) is 3.67. The van der Waals surface area contributed by atoms with Crippen LogP contribution in [0.3, 0.4) is 0 Å². The van der Waals surface area contributed by atoms with Crippen molar-refractivity contribution in [1.29, 1.82) is 0 Å². The fourth-order valence-electron chi connectivity index (χ4n) is 2.47. The Morgan fingerprint density at radius 1 is 1.26 bits per heavy atom. The number of nitrogens with zero attached hydrogens (tertiary/aromatic N) is 2. The first-order valence-corrected chi connectivity index (χ1v) is 9.30. The molecule has 1 atom stereocenters.